The van der Waals surface area contributed by atoms with Gasteiger partial charge in [-0.2, -0.15) is 0 Å². The van der Waals surface area contributed by atoms with Crippen LogP contribution in [0.5, 0.6) is 0 Å². The second-order valence-electron chi connectivity index (χ2n) is 2.31. The maximum atomic E-state index is 12.5. The highest BCUT2D eigenvalue weighted by molar-refractivity contribution is 5.43. The van der Waals surface area contributed by atoms with Crippen molar-refractivity contribution in [1.82, 2.24) is 14.6 Å². The standard InChI is InChI=1S/C6H4FN3O2/c7-3-1-4-5(11)8-6(12)9-10(4)2-3/h1-2H,(H2,8,9,11,12). The molecule has 0 aliphatic carbocycles. The van der Waals surface area contributed by atoms with Gasteiger partial charge in [-0.25, -0.2) is 14.3 Å². The summed E-state index contributed by atoms with van der Waals surface area (Å²) in [5, 5.41) is 2.22. The summed E-state index contributed by atoms with van der Waals surface area (Å²) in [6.45, 7) is 0. The van der Waals surface area contributed by atoms with Crippen LogP contribution in [-0.2, 0) is 0 Å². The van der Waals surface area contributed by atoms with Crippen molar-refractivity contribution >= 4 is 5.52 Å². The molecule has 2 heterocycles. The third kappa shape index (κ3) is 0.849. The molecule has 0 fully saturated rings. The topological polar surface area (TPSA) is 70.1 Å². The number of halogens is 1. The highest BCUT2D eigenvalue weighted by Gasteiger charge is 2.02. The lowest BCUT2D eigenvalue weighted by atomic mass is 10.5. The van der Waals surface area contributed by atoms with Crippen LogP contribution in [0.15, 0.2) is 21.9 Å². The molecule has 0 amide bonds. The van der Waals surface area contributed by atoms with Gasteiger partial charge in [0.05, 0.1) is 6.20 Å². The molecule has 0 unspecified atom stereocenters. The number of hydrogen-bond acceptors (Lipinski definition) is 2. The lowest BCUT2D eigenvalue weighted by Gasteiger charge is -1.89. The monoisotopic (exact) mass is 169 g/mol. The van der Waals surface area contributed by atoms with Crippen molar-refractivity contribution < 1.29 is 4.39 Å². The van der Waals surface area contributed by atoms with Gasteiger partial charge >= 0.3 is 5.69 Å². The Bertz CT molecular complexity index is 535. The average molecular weight is 169 g/mol. The van der Waals surface area contributed by atoms with E-state index in [1.165, 1.54) is 0 Å². The van der Waals surface area contributed by atoms with Crippen molar-refractivity contribution in [2.24, 2.45) is 0 Å². The van der Waals surface area contributed by atoms with E-state index in [-0.39, 0.29) is 5.52 Å². The van der Waals surface area contributed by atoms with E-state index in [2.05, 4.69) is 5.10 Å². The van der Waals surface area contributed by atoms with Crippen molar-refractivity contribution in [2.45, 2.75) is 0 Å². The van der Waals surface area contributed by atoms with Gasteiger partial charge in [-0.1, -0.05) is 0 Å². The third-order valence-electron chi connectivity index (χ3n) is 1.47. The lowest BCUT2D eigenvalue weighted by molar-refractivity contribution is 0.625. The van der Waals surface area contributed by atoms with Crippen molar-refractivity contribution in [3.63, 3.8) is 0 Å². The van der Waals surface area contributed by atoms with E-state index < -0.39 is 17.1 Å². The first kappa shape index (κ1) is 6.84. The van der Waals surface area contributed by atoms with Crippen LogP contribution in [-0.4, -0.2) is 14.6 Å². The first-order valence-corrected chi connectivity index (χ1v) is 3.17. The number of aromatic nitrogens is 3. The number of nitrogens with zero attached hydrogens (tertiary/aromatic N) is 1. The van der Waals surface area contributed by atoms with E-state index in [4.69, 9.17) is 0 Å². The van der Waals surface area contributed by atoms with Crippen LogP contribution in [0, 0.1) is 5.82 Å². The summed E-state index contributed by atoms with van der Waals surface area (Å²) in [5.74, 6) is -0.567. The van der Waals surface area contributed by atoms with Gasteiger partial charge in [-0.15, -0.1) is 0 Å². The molecule has 0 saturated heterocycles. The largest absolute Gasteiger partial charge is 0.340 e. The van der Waals surface area contributed by atoms with Crippen LogP contribution in [0.25, 0.3) is 5.52 Å². The lowest BCUT2D eigenvalue weighted by Crippen LogP contribution is -2.24. The van der Waals surface area contributed by atoms with Crippen LogP contribution < -0.4 is 11.2 Å². The van der Waals surface area contributed by atoms with Gasteiger partial charge in [-0.3, -0.25) is 14.3 Å². The second kappa shape index (κ2) is 2.07. The first-order chi connectivity index (χ1) is 5.66. The second-order valence-corrected chi connectivity index (χ2v) is 2.31. The summed E-state index contributed by atoms with van der Waals surface area (Å²) >= 11 is 0. The zero-order valence-electron chi connectivity index (χ0n) is 5.80. The van der Waals surface area contributed by atoms with Gasteiger partial charge in [0.1, 0.15) is 11.3 Å². The van der Waals surface area contributed by atoms with Crippen LogP contribution in [0.3, 0.4) is 0 Å². The molecule has 2 N–H and O–H groups in total. The summed E-state index contributed by atoms with van der Waals surface area (Å²) in [7, 11) is 0. The first-order valence-electron chi connectivity index (χ1n) is 3.17. The van der Waals surface area contributed by atoms with E-state index in [1.807, 2.05) is 4.98 Å². The minimum atomic E-state index is -0.664. The number of rotatable bonds is 0. The summed E-state index contributed by atoms with van der Waals surface area (Å²) in [6.07, 6.45) is 1.02. The van der Waals surface area contributed by atoms with Gasteiger partial charge in [0.2, 0.25) is 0 Å². The van der Waals surface area contributed by atoms with Crippen molar-refractivity contribution in [1.29, 1.82) is 0 Å². The van der Waals surface area contributed by atoms with Gasteiger partial charge in [0, 0.05) is 6.07 Å². The fourth-order valence-corrected chi connectivity index (χ4v) is 1.00. The van der Waals surface area contributed by atoms with E-state index in [1.54, 1.807) is 0 Å². The Labute approximate surface area is 64.4 Å². The highest BCUT2D eigenvalue weighted by atomic mass is 19.1. The molecule has 62 valence electrons. The van der Waals surface area contributed by atoms with Crippen LogP contribution >= 0.6 is 0 Å². The smallest absolute Gasteiger partial charge is 0.271 e. The Balaban J connectivity index is 3.08. The Morgan fingerprint density at radius 1 is 1.42 bits per heavy atom. The van der Waals surface area contributed by atoms with Crippen LogP contribution in [0.1, 0.15) is 0 Å². The molecule has 0 saturated carbocycles. The molecule has 0 bridgehead atoms. The van der Waals surface area contributed by atoms with Crippen LogP contribution in [0.2, 0.25) is 0 Å². The maximum Gasteiger partial charge on any atom is 0.340 e. The zero-order valence-corrected chi connectivity index (χ0v) is 5.80. The molecule has 12 heavy (non-hydrogen) atoms. The van der Waals surface area contributed by atoms with Crippen molar-refractivity contribution in [3.8, 4) is 0 Å². The third-order valence-corrected chi connectivity index (χ3v) is 1.47. The molecule has 0 aromatic carbocycles. The molecule has 2 rings (SSSR count). The fourth-order valence-electron chi connectivity index (χ4n) is 1.00. The highest BCUT2D eigenvalue weighted by Crippen LogP contribution is 1.99. The van der Waals surface area contributed by atoms with Crippen LogP contribution in [0.4, 0.5) is 4.39 Å². The average Bonchev–Trinajstić information content (AvgIpc) is 2.29. The molecule has 5 nitrogen and oxygen atoms in total. The number of hydrogen-bond donors (Lipinski definition) is 2. The van der Waals surface area contributed by atoms with Gasteiger partial charge in [-0.05, 0) is 0 Å². The predicted molar refractivity (Wildman–Crippen MR) is 38.6 cm³/mol. The van der Waals surface area contributed by atoms with Gasteiger partial charge in [0.25, 0.3) is 5.56 Å². The fraction of sp³-hybridized carbons (Fsp3) is 0. The summed E-state index contributed by atoms with van der Waals surface area (Å²) in [4.78, 5) is 23.6. The van der Waals surface area contributed by atoms with E-state index in [0.717, 1.165) is 16.8 Å². The number of nitrogens with one attached hydrogen (secondary N) is 2. The van der Waals surface area contributed by atoms with E-state index >= 15 is 0 Å². The van der Waals surface area contributed by atoms with Gasteiger partial charge < -0.3 is 0 Å². The summed E-state index contributed by atoms with van der Waals surface area (Å²) in [6, 6.07) is 1.04. The molecule has 0 atom stereocenters. The molecule has 0 radical (unpaired) electrons. The molecule has 0 spiro atoms. The molecule has 0 aliphatic heterocycles. The van der Waals surface area contributed by atoms with E-state index in [0.29, 0.717) is 0 Å². The number of fused-ring (bicyclic) bond motifs is 1. The quantitative estimate of drug-likeness (QED) is 0.555. The molecular formula is C6H4FN3O2. The molecule has 6 heteroatoms. The summed E-state index contributed by atoms with van der Waals surface area (Å²) in [5.41, 5.74) is -1.20. The molecule has 2 aromatic rings. The van der Waals surface area contributed by atoms with Crippen molar-refractivity contribution in [2.75, 3.05) is 0 Å². The van der Waals surface area contributed by atoms with E-state index in [9.17, 15) is 14.0 Å². The zero-order chi connectivity index (χ0) is 8.72. The molecule has 2 aromatic heterocycles. The minimum absolute atomic E-state index is 0.0760. The SMILES string of the molecule is O=c1[nH]c(=O)c2cc(F)cn2[nH]1. The normalized spacial score (nSPS) is 10.8. The Kier molecular flexibility index (Phi) is 1.18. The Morgan fingerprint density at radius 3 is 2.92 bits per heavy atom. The maximum absolute atomic E-state index is 12.5. The van der Waals surface area contributed by atoms with Gasteiger partial charge in [0.15, 0.2) is 0 Å². The molecule has 0 aliphatic rings. The Hall–Kier alpha value is -1.85. The van der Waals surface area contributed by atoms with Crippen molar-refractivity contribution in [3.05, 3.63) is 38.9 Å². The minimum Gasteiger partial charge on any atom is -0.271 e. The number of H-pyrrole nitrogens is 2. The summed E-state index contributed by atoms with van der Waals surface area (Å²) < 4.78 is 13.6. The number of aromatic amines is 2. The predicted octanol–water partition coefficient (Wildman–Crippen LogP) is -0.545. The molecular weight excluding hydrogens is 165 g/mol. The Morgan fingerprint density at radius 2 is 2.17 bits per heavy atom.